The number of nitrogens with zero attached hydrogens (tertiary/aromatic N) is 2. The van der Waals surface area contributed by atoms with Crippen molar-refractivity contribution in [1.82, 2.24) is 5.06 Å². The molecule has 0 heterocycles. The third kappa shape index (κ3) is 3.12. The molecule has 0 radical (unpaired) electrons. The van der Waals surface area contributed by atoms with Gasteiger partial charge in [-0.3, -0.25) is 0 Å². The van der Waals surface area contributed by atoms with Crippen LogP contribution in [0, 0.1) is 0 Å². The average Bonchev–Trinajstić information content (AvgIpc) is 2.23. The smallest absolute Gasteiger partial charge is 0.122 e. The lowest BCUT2D eigenvalue weighted by Gasteiger charge is -2.22. The second kappa shape index (κ2) is 5.72. The zero-order valence-electron chi connectivity index (χ0n) is 10.1. The van der Waals surface area contributed by atoms with E-state index < -0.39 is 0 Å². The SMILES string of the molecule is CCN(CC)c1ccc(CN(C)O)c(O)c1. The lowest BCUT2D eigenvalue weighted by atomic mass is 10.1. The summed E-state index contributed by atoms with van der Waals surface area (Å²) in [6.45, 7) is 6.31. The first-order valence-corrected chi connectivity index (χ1v) is 5.55. The third-order valence-electron chi connectivity index (χ3n) is 2.60. The van der Waals surface area contributed by atoms with Gasteiger partial charge in [0, 0.05) is 37.5 Å². The molecule has 90 valence electrons. The first-order chi connectivity index (χ1) is 7.58. The summed E-state index contributed by atoms with van der Waals surface area (Å²) in [7, 11) is 1.55. The maximum absolute atomic E-state index is 9.82. The van der Waals surface area contributed by atoms with Crippen LogP contribution in [-0.4, -0.2) is 35.5 Å². The van der Waals surface area contributed by atoms with E-state index in [4.69, 9.17) is 5.21 Å². The van der Waals surface area contributed by atoms with Crippen molar-refractivity contribution in [2.45, 2.75) is 20.4 Å². The van der Waals surface area contributed by atoms with E-state index in [1.54, 1.807) is 13.1 Å². The van der Waals surface area contributed by atoms with Crippen LogP contribution in [0.25, 0.3) is 0 Å². The van der Waals surface area contributed by atoms with Crippen molar-refractivity contribution in [2.24, 2.45) is 0 Å². The minimum absolute atomic E-state index is 0.227. The Bertz CT molecular complexity index is 336. The van der Waals surface area contributed by atoms with Crippen molar-refractivity contribution in [1.29, 1.82) is 0 Å². The first kappa shape index (κ1) is 12.8. The van der Waals surface area contributed by atoms with Gasteiger partial charge in [0.15, 0.2) is 0 Å². The van der Waals surface area contributed by atoms with Crippen molar-refractivity contribution in [2.75, 3.05) is 25.0 Å². The predicted molar refractivity (Wildman–Crippen MR) is 64.9 cm³/mol. The standard InChI is InChI=1S/C12H20N2O2/c1-4-14(5-2)11-7-6-10(9-13(3)16)12(15)8-11/h6-8,15-16H,4-5,9H2,1-3H3. The summed E-state index contributed by atoms with van der Waals surface area (Å²) in [5.74, 6) is 0.227. The zero-order chi connectivity index (χ0) is 12.1. The van der Waals surface area contributed by atoms with Gasteiger partial charge < -0.3 is 15.2 Å². The van der Waals surface area contributed by atoms with Crippen LogP contribution in [0.5, 0.6) is 5.75 Å². The minimum Gasteiger partial charge on any atom is -0.508 e. The molecule has 0 atom stereocenters. The number of hydrogen-bond donors (Lipinski definition) is 2. The van der Waals surface area contributed by atoms with Gasteiger partial charge >= 0.3 is 0 Å². The van der Waals surface area contributed by atoms with E-state index in [2.05, 4.69) is 18.7 Å². The Morgan fingerprint density at radius 2 is 1.81 bits per heavy atom. The molecule has 0 fully saturated rings. The molecule has 0 aliphatic heterocycles. The summed E-state index contributed by atoms with van der Waals surface area (Å²) in [6.07, 6.45) is 0. The fourth-order valence-corrected chi connectivity index (χ4v) is 1.72. The molecule has 0 saturated carbocycles. The van der Waals surface area contributed by atoms with E-state index in [0.29, 0.717) is 6.54 Å². The minimum atomic E-state index is 0.227. The van der Waals surface area contributed by atoms with Crippen LogP contribution in [0.3, 0.4) is 0 Å². The summed E-state index contributed by atoms with van der Waals surface area (Å²) in [4.78, 5) is 2.16. The summed E-state index contributed by atoms with van der Waals surface area (Å²) < 4.78 is 0. The second-order valence-electron chi connectivity index (χ2n) is 3.80. The van der Waals surface area contributed by atoms with Gasteiger partial charge in [0.1, 0.15) is 5.75 Å². The molecule has 0 aliphatic rings. The fraction of sp³-hybridized carbons (Fsp3) is 0.500. The number of rotatable bonds is 5. The molecule has 0 spiro atoms. The van der Waals surface area contributed by atoms with E-state index >= 15 is 0 Å². The van der Waals surface area contributed by atoms with Crippen molar-refractivity contribution in [3.05, 3.63) is 23.8 Å². The summed E-state index contributed by atoms with van der Waals surface area (Å²) in [5, 5.41) is 20.0. The summed E-state index contributed by atoms with van der Waals surface area (Å²) >= 11 is 0. The Kier molecular flexibility index (Phi) is 4.58. The van der Waals surface area contributed by atoms with E-state index in [1.807, 2.05) is 12.1 Å². The molecule has 0 saturated heterocycles. The molecule has 1 aromatic rings. The molecule has 1 rings (SSSR count). The van der Waals surface area contributed by atoms with Gasteiger partial charge in [0.05, 0.1) is 6.54 Å². The highest BCUT2D eigenvalue weighted by Gasteiger charge is 2.07. The van der Waals surface area contributed by atoms with E-state index in [1.165, 1.54) is 0 Å². The Hall–Kier alpha value is -1.26. The molecule has 0 amide bonds. The molecule has 0 bridgehead atoms. The van der Waals surface area contributed by atoms with Gasteiger partial charge in [-0.15, -0.1) is 0 Å². The molecule has 4 heteroatoms. The van der Waals surface area contributed by atoms with Gasteiger partial charge in [-0.05, 0) is 19.9 Å². The quantitative estimate of drug-likeness (QED) is 0.752. The largest absolute Gasteiger partial charge is 0.508 e. The zero-order valence-corrected chi connectivity index (χ0v) is 10.1. The highest BCUT2D eigenvalue weighted by molar-refractivity contribution is 5.53. The van der Waals surface area contributed by atoms with Gasteiger partial charge in [-0.25, -0.2) is 0 Å². The maximum Gasteiger partial charge on any atom is 0.122 e. The Balaban J connectivity index is 2.89. The van der Waals surface area contributed by atoms with Gasteiger partial charge in [0.25, 0.3) is 0 Å². The van der Waals surface area contributed by atoms with Crippen molar-refractivity contribution in [3.63, 3.8) is 0 Å². The van der Waals surface area contributed by atoms with Crippen LogP contribution in [0.15, 0.2) is 18.2 Å². The molecule has 1 aromatic carbocycles. The van der Waals surface area contributed by atoms with Gasteiger partial charge in [-0.1, -0.05) is 6.07 Å². The fourth-order valence-electron chi connectivity index (χ4n) is 1.72. The number of hydroxylamine groups is 2. The van der Waals surface area contributed by atoms with Gasteiger partial charge in [0.2, 0.25) is 0 Å². The highest BCUT2D eigenvalue weighted by Crippen LogP contribution is 2.25. The second-order valence-corrected chi connectivity index (χ2v) is 3.80. The van der Waals surface area contributed by atoms with Crippen LogP contribution < -0.4 is 4.90 Å². The predicted octanol–water partition coefficient (Wildman–Crippen LogP) is 2.06. The van der Waals surface area contributed by atoms with Crippen LogP contribution >= 0.6 is 0 Å². The van der Waals surface area contributed by atoms with Crippen LogP contribution in [-0.2, 0) is 6.54 Å². The van der Waals surface area contributed by atoms with Crippen LogP contribution in [0.2, 0.25) is 0 Å². The molecular formula is C12H20N2O2. The van der Waals surface area contributed by atoms with Crippen LogP contribution in [0.4, 0.5) is 5.69 Å². The lowest BCUT2D eigenvalue weighted by Crippen LogP contribution is -2.21. The molecule has 4 nitrogen and oxygen atoms in total. The van der Waals surface area contributed by atoms with E-state index in [0.717, 1.165) is 29.4 Å². The maximum atomic E-state index is 9.82. The normalized spacial score (nSPS) is 10.8. The monoisotopic (exact) mass is 224 g/mol. The summed E-state index contributed by atoms with van der Waals surface area (Å²) in [5.41, 5.74) is 1.73. The number of phenolic OH excluding ortho intramolecular Hbond substituents is 1. The Morgan fingerprint density at radius 1 is 1.19 bits per heavy atom. The number of anilines is 1. The first-order valence-electron chi connectivity index (χ1n) is 5.55. The average molecular weight is 224 g/mol. The number of benzene rings is 1. The molecule has 16 heavy (non-hydrogen) atoms. The Morgan fingerprint density at radius 3 is 2.25 bits per heavy atom. The molecular weight excluding hydrogens is 204 g/mol. The molecule has 2 N–H and O–H groups in total. The number of hydrogen-bond acceptors (Lipinski definition) is 4. The number of aromatic hydroxyl groups is 1. The van der Waals surface area contributed by atoms with Crippen LogP contribution in [0.1, 0.15) is 19.4 Å². The molecule has 0 aromatic heterocycles. The number of phenols is 1. The lowest BCUT2D eigenvalue weighted by molar-refractivity contribution is -0.0735. The van der Waals surface area contributed by atoms with E-state index in [-0.39, 0.29) is 5.75 Å². The topological polar surface area (TPSA) is 46.9 Å². The molecule has 0 unspecified atom stereocenters. The highest BCUT2D eigenvalue weighted by atomic mass is 16.5. The third-order valence-corrected chi connectivity index (χ3v) is 2.60. The van der Waals surface area contributed by atoms with E-state index in [9.17, 15) is 5.11 Å². The van der Waals surface area contributed by atoms with Gasteiger partial charge in [-0.2, -0.15) is 5.06 Å². The van der Waals surface area contributed by atoms with Crippen molar-refractivity contribution < 1.29 is 10.3 Å². The summed E-state index contributed by atoms with van der Waals surface area (Å²) in [6, 6.07) is 5.55. The molecule has 0 aliphatic carbocycles. The van der Waals surface area contributed by atoms with Crippen molar-refractivity contribution >= 4 is 5.69 Å². The Labute approximate surface area is 96.7 Å². The van der Waals surface area contributed by atoms with Crippen molar-refractivity contribution in [3.8, 4) is 5.75 Å².